The van der Waals surface area contributed by atoms with Gasteiger partial charge in [0.25, 0.3) is 5.91 Å². The summed E-state index contributed by atoms with van der Waals surface area (Å²) < 4.78 is 0. The third-order valence-corrected chi connectivity index (χ3v) is 4.59. The molecule has 0 saturated heterocycles. The predicted octanol–water partition coefficient (Wildman–Crippen LogP) is 4.44. The molecular formula is C16H11Cl2N3OS. The molecule has 0 saturated carbocycles. The molecule has 116 valence electrons. The Labute approximate surface area is 147 Å². The van der Waals surface area contributed by atoms with Gasteiger partial charge in [-0.1, -0.05) is 23.2 Å². The van der Waals surface area contributed by atoms with Crippen LogP contribution >= 0.6 is 34.5 Å². The van der Waals surface area contributed by atoms with Crippen LogP contribution < -0.4 is 5.32 Å². The second-order valence-corrected chi connectivity index (χ2v) is 6.39. The van der Waals surface area contributed by atoms with Gasteiger partial charge in [-0.3, -0.25) is 9.78 Å². The zero-order valence-corrected chi connectivity index (χ0v) is 14.1. The van der Waals surface area contributed by atoms with E-state index in [1.165, 1.54) is 11.3 Å². The van der Waals surface area contributed by atoms with E-state index in [2.05, 4.69) is 15.3 Å². The van der Waals surface area contributed by atoms with Crippen LogP contribution in [0.5, 0.6) is 0 Å². The third kappa shape index (κ3) is 3.88. The Hall–Kier alpha value is -1.95. The minimum absolute atomic E-state index is 0.282. The number of nitrogens with one attached hydrogen (secondary N) is 1. The zero-order valence-electron chi connectivity index (χ0n) is 11.8. The minimum Gasteiger partial charge on any atom is -0.346 e. The van der Waals surface area contributed by atoms with Crippen molar-refractivity contribution in [2.75, 3.05) is 0 Å². The second kappa shape index (κ2) is 7.08. The lowest BCUT2D eigenvalue weighted by Crippen LogP contribution is -2.23. The molecule has 1 amide bonds. The van der Waals surface area contributed by atoms with Gasteiger partial charge in [0, 0.05) is 28.4 Å². The molecule has 0 aliphatic carbocycles. The second-order valence-electron chi connectivity index (χ2n) is 4.69. The van der Waals surface area contributed by atoms with Gasteiger partial charge in [-0.25, -0.2) is 4.98 Å². The average Bonchev–Trinajstić information content (AvgIpc) is 3.05. The summed E-state index contributed by atoms with van der Waals surface area (Å²) in [5.41, 5.74) is 2.14. The first-order valence-corrected chi connectivity index (χ1v) is 8.35. The summed E-state index contributed by atoms with van der Waals surface area (Å²) in [6.07, 6.45) is 3.44. The molecule has 0 atom stereocenters. The number of halogens is 2. The monoisotopic (exact) mass is 363 g/mol. The van der Waals surface area contributed by atoms with Gasteiger partial charge in [0.05, 0.1) is 22.8 Å². The smallest absolute Gasteiger partial charge is 0.253 e. The van der Waals surface area contributed by atoms with Crippen molar-refractivity contribution in [3.63, 3.8) is 0 Å². The minimum atomic E-state index is -0.282. The van der Waals surface area contributed by atoms with Gasteiger partial charge in [-0.2, -0.15) is 0 Å². The molecule has 1 N–H and O–H groups in total. The summed E-state index contributed by atoms with van der Waals surface area (Å²) in [4.78, 5) is 20.7. The molecule has 4 nitrogen and oxygen atoms in total. The molecule has 0 unspecified atom stereocenters. The predicted molar refractivity (Wildman–Crippen MR) is 93.0 cm³/mol. The molecule has 0 fully saturated rings. The van der Waals surface area contributed by atoms with E-state index in [9.17, 15) is 4.79 Å². The van der Waals surface area contributed by atoms with Gasteiger partial charge in [0.1, 0.15) is 5.01 Å². The lowest BCUT2D eigenvalue weighted by Gasteiger charge is -2.05. The Morgan fingerprint density at radius 2 is 1.96 bits per heavy atom. The van der Waals surface area contributed by atoms with Gasteiger partial charge < -0.3 is 5.32 Å². The average molecular weight is 364 g/mol. The highest BCUT2D eigenvalue weighted by molar-refractivity contribution is 7.13. The van der Waals surface area contributed by atoms with Crippen molar-refractivity contribution < 1.29 is 4.79 Å². The summed E-state index contributed by atoms with van der Waals surface area (Å²) in [6.45, 7) is 0.323. The van der Waals surface area contributed by atoms with E-state index < -0.39 is 0 Å². The first kappa shape index (κ1) is 15.9. The fraction of sp³-hybridized carbons (Fsp3) is 0.0625. The van der Waals surface area contributed by atoms with Gasteiger partial charge in [-0.05, 0) is 30.3 Å². The molecule has 0 bridgehead atoms. The van der Waals surface area contributed by atoms with Crippen LogP contribution in [0.1, 0.15) is 16.1 Å². The molecule has 3 rings (SSSR count). The largest absolute Gasteiger partial charge is 0.346 e. The number of carbonyl (C=O) groups excluding carboxylic acids is 1. The number of carbonyl (C=O) groups is 1. The van der Waals surface area contributed by atoms with Crippen LogP contribution in [0.3, 0.4) is 0 Å². The Kier molecular flexibility index (Phi) is 4.91. The van der Waals surface area contributed by atoms with Crippen molar-refractivity contribution in [3.8, 4) is 10.6 Å². The van der Waals surface area contributed by atoms with Crippen LogP contribution in [-0.4, -0.2) is 15.9 Å². The van der Waals surface area contributed by atoms with Crippen molar-refractivity contribution in [2.24, 2.45) is 0 Å². The van der Waals surface area contributed by atoms with Crippen LogP contribution in [0.4, 0.5) is 0 Å². The maximum absolute atomic E-state index is 12.2. The Morgan fingerprint density at radius 3 is 2.74 bits per heavy atom. The summed E-state index contributed by atoms with van der Waals surface area (Å²) in [5, 5.41) is 6.43. The zero-order chi connectivity index (χ0) is 16.2. The number of thiazole rings is 1. The number of hydrogen-bond donors (Lipinski definition) is 1. The quantitative estimate of drug-likeness (QED) is 0.745. The summed E-state index contributed by atoms with van der Waals surface area (Å²) in [7, 11) is 0. The fourth-order valence-corrected chi connectivity index (χ4v) is 3.15. The number of benzene rings is 1. The Bertz CT molecular complexity index is 836. The van der Waals surface area contributed by atoms with Gasteiger partial charge >= 0.3 is 0 Å². The standard InChI is InChI=1S/C16H11Cl2N3OS/c17-11-1-2-14(18)13(7-11)15(22)20-8-12-9-23-16(21-12)10-3-5-19-6-4-10/h1-7,9H,8H2,(H,20,22). The first-order chi connectivity index (χ1) is 11.1. The van der Waals surface area contributed by atoms with Crippen LogP contribution in [-0.2, 0) is 6.54 Å². The SMILES string of the molecule is O=C(NCc1csc(-c2ccncc2)n1)c1cc(Cl)ccc1Cl. The lowest BCUT2D eigenvalue weighted by atomic mass is 10.2. The van der Waals surface area contributed by atoms with E-state index in [1.807, 2.05) is 17.5 Å². The van der Waals surface area contributed by atoms with Gasteiger partial charge in [0.15, 0.2) is 0 Å². The maximum atomic E-state index is 12.2. The summed E-state index contributed by atoms with van der Waals surface area (Å²) in [6, 6.07) is 8.58. The van der Waals surface area contributed by atoms with E-state index in [1.54, 1.807) is 30.6 Å². The maximum Gasteiger partial charge on any atom is 0.253 e. The van der Waals surface area contributed by atoms with E-state index in [-0.39, 0.29) is 5.91 Å². The lowest BCUT2D eigenvalue weighted by molar-refractivity contribution is 0.0950. The molecule has 23 heavy (non-hydrogen) atoms. The highest BCUT2D eigenvalue weighted by atomic mass is 35.5. The molecular weight excluding hydrogens is 353 g/mol. The fourth-order valence-electron chi connectivity index (χ4n) is 1.95. The highest BCUT2D eigenvalue weighted by Gasteiger charge is 2.12. The molecule has 1 aromatic carbocycles. The molecule has 0 aliphatic rings. The van der Waals surface area contributed by atoms with Gasteiger partial charge in [0.2, 0.25) is 0 Å². The number of pyridine rings is 1. The number of hydrogen-bond acceptors (Lipinski definition) is 4. The highest BCUT2D eigenvalue weighted by Crippen LogP contribution is 2.23. The van der Waals surface area contributed by atoms with E-state index in [4.69, 9.17) is 23.2 Å². The number of nitrogens with zero attached hydrogens (tertiary/aromatic N) is 2. The van der Waals surface area contributed by atoms with Crippen LogP contribution in [0.2, 0.25) is 10.0 Å². The van der Waals surface area contributed by atoms with Crippen LogP contribution in [0, 0.1) is 0 Å². The molecule has 2 aromatic heterocycles. The van der Waals surface area contributed by atoms with Crippen molar-refractivity contribution in [1.82, 2.24) is 15.3 Å². The first-order valence-electron chi connectivity index (χ1n) is 6.71. The topological polar surface area (TPSA) is 54.9 Å². The Morgan fingerprint density at radius 1 is 1.17 bits per heavy atom. The molecule has 3 aromatic rings. The van der Waals surface area contributed by atoms with Gasteiger partial charge in [-0.15, -0.1) is 11.3 Å². The van der Waals surface area contributed by atoms with Crippen molar-refractivity contribution in [1.29, 1.82) is 0 Å². The molecule has 0 aliphatic heterocycles. The van der Waals surface area contributed by atoms with Crippen molar-refractivity contribution >= 4 is 40.4 Å². The third-order valence-electron chi connectivity index (χ3n) is 3.08. The molecule has 0 radical (unpaired) electrons. The summed E-state index contributed by atoms with van der Waals surface area (Å²) in [5.74, 6) is -0.282. The van der Waals surface area contributed by atoms with E-state index >= 15 is 0 Å². The normalized spacial score (nSPS) is 10.5. The van der Waals surface area contributed by atoms with Crippen LogP contribution in [0.25, 0.3) is 10.6 Å². The van der Waals surface area contributed by atoms with E-state index in [0.29, 0.717) is 22.2 Å². The molecule has 2 heterocycles. The van der Waals surface area contributed by atoms with Crippen molar-refractivity contribution in [3.05, 3.63) is 69.4 Å². The molecule has 7 heteroatoms. The summed E-state index contributed by atoms with van der Waals surface area (Å²) >= 11 is 13.4. The van der Waals surface area contributed by atoms with E-state index in [0.717, 1.165) is 16.3 Å². The number of rotatable bonds is 4. The number of amides is 1. The number of aromatic nitrogens is 2. The Balaban J connectivity index is 1.68. The van der Waals surface area contributed by atoms with Crippen LogP contribution in [0.15, 0.2) is 48.1 Å². The van der Waals surface area contributed by atoms with Crippen molar-refractivity contribution in [2.45, 2.75) is 6.54 Å². The molecule has 0 spiro atoms.